The van der Waals surface area contributed by atoms with Crippen LogP contribution < -0.4 is 4.74 Å². The van der Waals surface area contributed by atoms with Crippen molar-refractivity contribution in [1.29, 1.82) is 0 Å². The normalized spacial score (nSPS) is 32.2. The number of hydrogen-bond donors (Lipinski definition) is 0. The fraction of sp³-hybridized carbons (Fsp3) is 0.477. The Morgan fingerprint density at radius 1 is 0.870 bits per heavy atom. The summed E-state index contributed by atoms with van der Waals surface area (Å²) in [6, 6.07) is 24.1. The van der Waals surface area contributed by atoms with Crippen LogP contribution in [0.2, 0.25) is 18.1 Å². The molecule has 0 radical (unpaired) electrons. The van der Waals surface area contributed by atoms with Gasteiger partial charge in [0.15, 0.2) is 20.7 Å². The van der Waals surface area contributed by atoms with Crippen LogP contribution in [0.1, 0.15) is 51.9 Å². The van der Waals surface area contributed by atoms with Gasteiger partial charge in [0.1, 0.15) is 42.4 Å². The van der Waals surface area contributed by atoms with Crippen molar-refractivity contribution in [2.24, 2.45) is 0 Å². The van der Waals surface area contributed by atoms with E-state index in [2.05, 4.69) is 64.7 Å². The summed E-state index contributed by atoms with van der Waals surface area (Å²) < 4.78 is 52.4. The molecule has 10 atom stereocenters. The molecule has 4 aliphatic rings. The molecule has 0 unspecified atom stereocenters. The molecule has 4 aliphatic heterocycles. The summed E-state index contributed by atoms with van der Waals surface area (Å²) in [6.45, 7) is 15.8. The first-order valence-corrected chi connectivity index (χ1v) is 22.1. The maximum Gasteiger partial charge on any atom is 0.308 e. The van der Waals surface area contributed by atoms with Crippen LogP contribution in [0.3, 0.4) is 0 Å². The first-order valence-electron chi connectivity index (χ1n) is 19.2. The van der Waals surface area contributed by atoms with Gasteiger partial charge in [0, 0.05) is 12.0 Å². The van der Waals surface area contributed by atoms with Crippen LogP contribution in [0.15, 0.2) is 110 Å². The molecule has 0 aliphatic carbocycles. The van der Waals surface area contributed by atoms with Crippen LogP contribution in [0, 0.1) is 0 Å². The minimum Gasteiger partial charge on any atom is -0.485 e. The van der Waals surface area contributed by atoms with Gasteiger partial charge in [-0.3, -0.25) is 4.79 Å². The fourth-order valence-corrected chi connectivity index (χ4v) is 8.61. The molecule has 0 aromatic heterocycles. The van der Waals surface area contributed by atoms with Gasteiger partial charge in [0.2, 0.25) is 0 Å². The molecule has 0 bridgehead atoms. The maximum atomic E-state index is 14.1. The lowest BCUT2D eigenvalue weighted by Crippen LogP contribution is -2.64. The second-order valence-corrected chi connectivity index (χ2v) is 20.9. The summed E-state index contributed by atoms with van der Waals surface area (Å²) >= 11 is 0. The predicted molar refractivity (Wildman–Crippen MR) is 210 cm³/mol. The molecule has 0 amide bonds. The standard InChI is InChI=1S/C44H54O9Si/c1-7-33-34(21-15-22-35-38(49-33)28-47-43(52-35)30-17-9-8-10-18-30)51-39(45)27-37-41(53-54(5,6)44(2,3)4)42(40-36(50-37)20-13-14-25-46-40)48-32-24-23-29-16-11-12-19-31(29)26-32/h7-19,22-24,26,33-38,40-43H,1,20-21,25,27-28H2,2-6H3/b22-15-/t33-,34+,35-,36-,37+,38+,40-,41+,42+,43+/m0/s1. The van der Waals surface area contributed by atoms with Crippen molar-refractivity contribution < 1.29 is 42.4 Å². The van der Waals surface area contributed by atoms with E-state index in [4.69, 9.17) is 37.6 Å². The van der Waals surface area contributed by atoms with Crippen molar-refractivity contribution in [3.63, 3.8) is 0 Å². The van der Waals surface area contributed by atoms with Crippen molar-refractivity contribution >= 4 is 25.1 Å². The number of fused-ring (bicyclic) bond motifs is 3. The average Bonchev–Trinajstić information content (AvgIpc) is 3.39. The summed E-state index contributed by atoms with van der Waals surface area (Å²) in [5.41, 5.74) is 0.946. The third-order valence-electron chi connectivity index (χ3n) is 11.3. The topological polar surface area (TPSA) is 90.9 Å². The van der Waals surface area contributed by atoms with E-state index in [0.717, 1.165) is 16.3 Å². The average molecular weight is 755 g/mol. The van der Waals surface area contributed by atoms with Gasteiger partial charge in [-0.15, -0.1) is 6.58 Å². The van der Waals surface area contributed by atoms with E-state index in [1.807, 2.05) is 72.8 Å². The van der Waals surface area contributed by atoms with Crippen molar-refractivity contribution in [3.05, 3.63) is 115 Å². The van der Waals surface area contributed by atoms with E-state index in [9.17, 15) is 4.79 Å². The molecule has 4 heterocycles. The zero-order chi connectivity index (χ0) is 37.9. The highest BCUT2D eigenvalue weighted by molar-refractivity contribution is 6.74. The molecule has 10 heteroatoms. The second kappa shape index (κ2) is 16.6. The summed E-state index contributed by atoms with van der Waals surface area (Å²) in [5, 5.41) is 2.09. The van der Waals surface area contributed by atoms with Crippen molar-refractivity contribution in [3.8, 4) is 5.75 Å². The van der Waals surface area contributed by atoms with Gasteiger partial charge in [0.05, 0.1) is 31.8 Å². The minimum atomic E-state index is -2.42. The summed E-state index contributed by atoms with van der Waals surface area (Å²) in [5.74, 6) is 0.296. The van der Waals surface area contributed by atoms with Crippen molar-refractivity contribution in [1.82, 2.24) is 0 Å². The SMILES string of the molecule is C=C[C@@H]1O[C@@H]2CO[C@@H](c3ccccc3)O[C@H]2/C=C\C[C@H]1OC(=O)C[C@H]1O[C@H]2CC=CCO[C@@H]2[C@@H](Oc2ccc3ccccc3c2)[C@@H]1O[Si](C)(C)C(C)(C)C. The van der Waals surface area contributed by atoms with Gasteiger partial charge >= 0.3 is 5.97 Å². The largest absolute Gasteiger partial charge is 0.485 e. The molecule has 0 spiro atoms. The van der Waals surface area contributed by atoms with Crippen LogP contribution >= 0.6 is 0 Å². The molecule has 7 rings (SSSR count). The van der Waals surface area contributed by atoms with Crippen LogP contribution in [-0.2, 0) is 37.6 Å². The molecule has 288 valence electrons. The number of ether oxygens (including phenoxy) is 7. The first-order chi connectivity index (χ1) is 26.0. The molecule has 54 heavy (non-hydrogen) atoms. The van der Waals surface area contributed by atoms with Crippen molar-refractivity contribution in [2.45, 2.75) is 119 Å². The monoisotopic (exact) mass is 754 g/mol. The molecule has 0 saturated carbocycles. The Labute approximate surface area is 320 Å². The molecule has 2 fully saturated rings. The molecular weight excluding hydrogens is 701 g/mol. The summed E-state index contributed by atoms with van der Waals surface area (Å²) in [7, 11) is -2.42. The lowest BCUT2D eigenvalue weighted by Gasteiger charge is -2.49. The molecule has 2 saturated heterocycles. The Kier molecular flexibility index (Phi) is 11.9. The molecule has 3 aromatic rings. The number of benzene rings is 3. The number of esters is 1. The van der Waals surface area contributed by atoms with Gasteiger partial charge in [0.25, 0.3) is 0 Å². The van der Waals surface area contributed by atoms with Gasteiger partial charge in [-0.25, -0.2) is 0 Å². The lowest BCUT2D eigenvalue weighted by atomic mass is 9.91. The Bertz CT molecular complexity index is 1800. The minimum absolute atomic E-state index is 0.0368. The quantitative estimate of drug-likeness (QED) is 0.121. The van der Waals surface area contributed by atoms with E-state index in [1.54, 1.807) is 6.08 Å². The summed E-state index contributed by atoms with van der Waals surface area (Å²) in [4.78, 5) is 14.1. The smallest absolute Gasteiger partial charge is 0.308 e. The van der Waals surface area contributed by atoms with Gasteiger partial charge < -0.3 is 37.6 Å². The van der Waals surface area contributed by atoms with E-state index in [1.165, 1.54) is 0 Å². The van der Waals surface area contributed by atoms with Crippen LogP contribution in [0.5, 0.6) is 5.75 Å². The van der Waals surface area contributed by atoms with Crippen LogP contribution in [0.25, 0.3) is 10.8 Å². The van der Waals surface area contributed by atoms with Crippen molar-refractivity contribution in [2.75, 3.05) is 13.2 Å². The zero-order valence-corrected chi connectivity index (χ0v) is 33.0. The molecule has 3 aromatic carbocycles. The van der Waals surface area contributed by atoms with Gasteiger partial charge in [-0.05, 0) is 47.5 Å². The van der Waals surface area contributed by atoms with Gasteiger partial charge in [-0.1, -0.05) is 112 Å². The second-order valence-electron chi connectivity index (χ2n) is 16.1. The maximum absolute atomic E-state index is 14.1. The van der Waals surface area contributed by atoms with Crippen LogP contribution in [0.4, 0.5) is 0 Å². The lowest BCUT2D eigenvalue weighted by molar-refractivity contribution is -0.264. The van der Waals surface area contributed by atoms with Gasteiger partial charge in [-0.2, -0.15) is 0 Å². The highest BCUT2D eigenvalue weighted by Crippen LogP contribution is 2.42. The van der Waals surface area contributed by atoms with E-state index >= 15 is 0 Å². The number of hydrogen-bond acceptors (Lipinski definition) is 9. The molecular formula is C44H54O9Si. The molecule has 0 N–H and O–H groups in total. The Morgan fingerprint density at radius 2 is 1.65 bits per heavy atom. The van der Waals surface area contributed by atoms with E-state index in [0.29, 0.717) is 31.8 Å². The van der Waals surface area contributed by atoms with Crippen LogP contribution in [-0.4, -0.2) is 82.4 Å². The Hall–Kier alpha value is -3.61. The molecule has 9 nitrogen and oxygen atoms in total. The Morgan fingerprint density at radius 3 is 2.43 bits per heavy atom. The van der Waals surface area contributed by atoms with E-state index in [-0.39, 0.29) is 23.7 Å². The summed E-state index contributed by atoms with van der Waals surface area (Å²) in [6.07, 6.45) is 5.78. The highest BCUT2D eigenvalue weighted by atomic mass is 28.4. The highest BCUT2D eigenvalue weighted by Gasteiger charge is 2.53. The predicted octanol–water partition coefficient (Wildman–Crippen LogP) is 8.41. The number of carbonyl (C=O) groups excluding carboxylic acids is 1. The third-order valence-corrected chi connectivity index (χ3v) is 15.8. The number of rotatable bonds is 9. The Balaban J connectivity index is 1.12. The zero-order valence-electron chi connectivity index (χ0n) is 32.0. The third kappa shape index (κ3) is 8.76. The number of carbonyl (C=O) groups is 1. The van der Waals surface area contributed by atoms with E-state index < -0.39 is 63.3 Å². The first kappa shape index (κ1) is 38.7. The fourth-order valence-electron chi connectivity index (χ4n) is 7.29.